The van der Waals surface area contributed by atoms with Gasteiger partial charge >= 0.3 is 6.18 Å². The number of hydrogen-bond acceptors (Lipinski definition) is 2. The molecule has 0 aromatic heterocycles. The average Bonchev–Trinajstić information content (AvgIpc) is 2.24. The van der Waals surface area contributed by atoms with E-state index in [0.29, 0.717) is 5.75 Å². The van der Waals surface area contributed by atoms with Crippen LogP contribution < -0.4 is 0 Å². The van der Waals surface area contributed by atoms with Crippen LogP contribution in [0.5, 0.6) is 0 Å². The van der Waals surface area contributed by atoms with Crippen LogP contribution in [-0.4, -0.2) is 21.8 Å². The van der Waals surface area contributed by atoms with Crippen LogP contribution in [0.1, 0.15) is 33.1 Å². The summed E-state index contributed by atoms with van der Waals surface area (Å²) in [4.78, 5) is 0. The third kappa shape index (κ3) is 4.95. The molecule has 0 fully saturated rings. The first-order valence-electron chi connectivity index (χ1n) is 5.33. The van der Waals surface area contributed by atoms with E-state index in [1.807, 2.05) is 6.92 Å². The van der Waals surface area contributed by atoms with Gasteiger partial charge in [0.15, 0.2) is 0 Å². The van der Waals surface area contributed by atoms with E-state index >= 15 is 0 Å². The molecule has 0 nitrogen and oxygen atoms in total. The lowest BCUT2D eigenvalue weighted by molar-refractivity contribution is -0.200. The number of thioether (sulfide) groups is 1. The Bertz CT molecular complexity index is 273. The quantitative estimate of drug-likeness (QED) is 0.289. The summed E-state index contributed by atoms with van der Waals surface area (Å²) in [5.41, 5.74) is -3.40. The van der Waals surface area contributed by atoms with Crippen molar-refractivity contribution < 1.29 is 17.6 Å². The highest BCUT2D eigenvalue weighted by molar-refractivity contribution is 8.23. The van der Waals surface area contributed by atoms with Gasteiger partial charge in [0.2, 0.25) is 5.67 Å². The van der Waals surface area contributed by atoms with E-state index in [1.165, 1.54) is 6.08 Å². The fourth-order valence-corrected chi connectivity index (χ4v) is 2.51. The van der Waals surface area contributed by atoms with Gasteiger partial charge in [0, 0.05) is 6.42 Å². The minimum absolute atomic E-state index is 0.424. The number of alkyl halides is 4. The van der Waals surface area contributed by atoms with Crippen molar-refractivity contribution in [1.29, 1.82) is 0 Å². The summed E-state index contributed by atoms with van der Waals surface area (Å²) < 4.78 is 51.4. The van der Waals surface area contributed by atoms with Crippen LogP contribution in [0.15, 0.2) is 12.2 Å². The van der Waals surface area contributed by atoms with Crippen LogP contribution in [-0.2, 0) is 0 Å². The molecule has 0 aromatic carbocycles. The summed E-state index contributed by atoms with van der Waals surface area (Å²) in [6.07, 6.45) is -1.59. The van der Waals surface area contributed by atoms with Crippen LogP contribution in [0.3, 0.4) is 0 Å². The van der Waals surface area contributed by atoms with E-state index in [9.17, 15) is 17.6 Å². The largest absolute Gasteiger partial charge is 0.428 e. The second kappa shape index (κ2) is 7.36. The number of hydrogen-bond donors (Lipinski definition) is 0. The molecule has 0 aromatic rings. The molecule has 0 aliphatic rings. The third-order valence-electron chi connectivity index (χ3n) is 2.14. The van der Waals surface area contributed by atoms with Crippen molar-refractivity contribution in [3.63, 3.8) is 0 Å². The zero-order chi connectivity index (χ0) is 13.5. The summed E-state index contributed by atoms with van der Waals surface area (Å²) in [5, 5.41) is 0. The fourth-order valence-electron chi connectivity index (χ4n) is 1.02. The summed E-state index contributed by atoms with van der Waals surface area (Å²) in [6.45, 7) is 3.46. The Kier molecular flexibility index (Phi) is 7.32. The molecule has 0 aliphatic heterocycles. The first-order chi connectivity index (χ1) is 7.79. The van der Waals surface area contributed by atoms with Crippen molar-refractivity contribution in [2.24, 2.45) is 0 Å². The maximum Gasteiger partial charge on any atom is 0.428 e. The van der Waals surface area contributed by atoms with Crippen LogP contribution in [0.4, 0.5) is 17.6 Å². The highest BCUT2D eigenvalue weighted by atomic mass is 32.2. The van der Waals surface area contributed by atoms with Gasteiger partial charge in [-0.2, -0.15) is 13.2 Å². The molecule has 0 saturated carbocycles. The lowest BCUT2D eigenvalue weighted by Gasteiger charge is -2.27. The summed E-state index contributed by atoms with van der Waals surface area (Å²) in [6, 6.07) is 0. The maximum absolute atomic E-state index is 14.0. The molecule has 0 heterocycles. The summed E-state index contributed by atoms with van der Waals surface area (Å²) >= 11 is 5.39. The number of thiocarbonyl (C=S) groups is 1. The van der Waals surface area contributed by atoms with Gasteiger partial charge < -0.3 is 0 Å². The molecule has 0 amide bonds. The number of unbranched alkanes of at least 4 members (excludes halogenated alkanes) is 1. The molecule has 0 aliphatic carbocycles. The SMILES string of the molecule is C/C=C/CC(F)(C(=S)SCCCC)C(F)(F)F. The smallest absolute Gasteiger partial charge is 0.227 e. The molecule has 0 rings (SSSR count). The van der Waals surface area contributed by atoms with Crippen LogP contribution in [0.2, 0.25) is 0 Å². The monoisotopic (exact) mass is 288 g/mol. The summed E-state index contributed by atoms with van der Waals surface area (Å²) in [5.74, 6) is 0.424. The van der Waals surface area contributed by atoms with E-state index < -0.39 is 22.5 Å². The van der Waals surface area contributed by atoms with Crippen molar-refractivity contribution in [3.05, 3.63) is 12.2 Å². The number of halogens is 4. The Hall–Kier alpha value is -0.100. The minimum Gasteiger partial charge on any atom is -0.227 e. The minimum atomic E-state index is -4.96. The van der Waals surface area contributed by atoms with Crippen LogP contribution >= 0.6 is 24.0 Å². The van der Waals surface area contributed by atoms with Gasteiger partial charge in [-0.3, -0.25) is 0 Å². The molecule has 100 valence electrons. The van der Waals surface area contributed by atoms with E-state index in [-0.39, 0.29) is 0 Å². The first-order valence-corrected chi connectivity index (χ1v) is 6.73. The van der Waals surface area contributed by atoms with Gasteiger partial charge in [0.1, 0.15) is 0 Å². The van der Waals surface area contributed by atoms with Crippen molar-refractivity contribution in [2.75, 3.05) is 5.75 Å². The first kappa shape index (κ1) is 16.9. The van der Waals surface area contributed by atoms with Gasteiger partial charge in [-0.15, -0.1) is 11.8 Å². The molecule has 6 heteroatoms. The standard InChI is InChI=1S/C11H16F4S2/c1-3-5-7-10(12,11(13,14)15)9(16)17-8-6-4-2/h3,5H,4,6-8H2,1-2H3/b5-3+. The molecular formula is C11H16F4S2. The highest BCUT2D eigenvalue weighted by Gasteiger charge is 2.58. The van der Waals surface area contributed by atoms with Gasteiger partial charge in [-0.1, -0.05) is 37.7 Å². The van der Waals surface area contributed by atoms with Crippen LogP contribution in [0.25, 0.3) is 0 Å². The van der Waals surface area contributed by atoms with Crippen molar-refractivity contribution in [2.45, 2.75) is 45.0 Å². The van der Waals surface area contributed by atoms with Gasteiger partial charge in [-0.25, -0.2) is 4.39 Å². The molecule has 0 N–H and O–H groups in total. The molecule has 17 heavy (non-hydrogen) atoms. The zero-order valence-corrected chi connectivity index (χ0v) is 11.4. The van der Waals surface area contributed by atoms with Crippen molar-refractivity contribution in [3.8, 4) is 0 Å². The Morgan fingerprint density at radius 2 is 1.88 bits per heavy atom. The van der Waals surface area contributed by atoms with Gasteiger partial charge in [0.25, 0.3) is 0 Å². The van der Waals surface area contributed by atoms with Crippen LogP contribution in [0, 0.1) is 0 Å². The van der Waals surface area contributed by atoms with E-state index in [1.54, 1.807) is 6.92 Å². The fraction of sp³-hybridized carbons (Fsp3) is 0.727. The number of allylic oxidation sites excluding steroid dienone is 2. The third-order valence-corrected chi connectivity index (χ3v) is 3.89. The molecule has 0 bridgehead atoms. The highest BCUT2D eigenvalue weighted by Crippen LogP contribution is 2.41. The topological polar surface area (TPSA) is 0 Å². The average molecular weight is 288 g/mol. The molecular weight excluding hydrogens is 272 g/mol. The van der Waals surface area contributed by atoms with E-state index in [2.05, 4.69) is 12.2 Å². The Labute approximate surface area is 109 Å². The normalized spacial score (nSPS) is 16.1. The summed E-state index contributed by atoms with van der Waals surface area (Å²) in [7, 11) is 0. The maximum atomic E-state index is 14.0. The predicted molar refractivity (Wildman–Crippen MR) is 69.3 cm³/mol. The Balaban J connectivity index is 4.74. The lowest BCUT2D eigenvalue weighted by atomic mass is 10.0. The second-order valence-electron chi connectivity index (χ2n) is 3.56. The predicted octanol–water partition coefficient (Wildman–Crippen LogP) is 5.08. The lowest BCUT2D eigenvalue weighted by Crippen LogP contribution is -2.45. The van der Waals surface area contributed by atoms with E-state index in [0.717, 1.165) is 30.7 Å². The molecule has 0 saturated heterocycles. The Morgan fingerprint density at radius 3 is 2.29 bits per heavy atom. The number of rotatable bonds is 6. The van der Waals surface area contributed by atoms with Gasteiger partial charge in [0.05, 0.1) is 4.20 Å². The van der Waals surface area contributed by atoms with Gasteiger partial charge in [-0.05, 0) is 19.1 Å². The van der Waals surface area contributed by atoms with E-state index in [4.69, 9.17) is 0 Å². The molecule has 0 spiro atoms. The zero-order valence-electron chi connectivity index (χ0n) is 9.81. The van der Waals surface area contributed by atoms with Crippen molar-refractivity contribution >= 4 is 28.2 Å². The van der Waals surface area contributed by atoms with Crippen molar-refractivity contribution in [1.82, 2.24) is 0 Å². The molecule has 1 atom stereocenters. The Morgan fingerprint density at radius 1 is 1.29 bits per heavy atom. The second-order valence-corrected chi connectivity index (χ2v) is 5.33. The molecule has 0 radical (unpaired) electrons. The molecule has 1 unspecified atom stereocenters.